The summed E-state index contributed by atoms with van der Waals surface area (Å²) in [6.45, 7) is 3.94. The van der Waals surface area contributed by atoms with Crippen molar-refractivity contribution in [3.05, 3.63) is 29.8 Å². The first kappa shape index (κ1) is 12.2. The van der Waals surface area contributed by atoms with Crippen molar-refractivity contribution in [3.63, 3.8) is 0 Å². The number of amidine groups is 1. The normalized spacial score (nSPS) is 11.1. The summed E-state index contributed by atoms with van der Waals surface area (Å²) in [5.74, 6) is 1.10. The molecule has 0 aliphatic carbocycles. The highest BCUT2D eigenvalue weighted by Gasteiger charge is 2.10. The molecule has 0 aliphatic rings. The summed E-state index contributed by atoms with van der Waals surface area (Å²) in [6, 6.07) is 7.48. The van der Waals surface area contributed by atoms with Crippen LogP contribution in [0.2, 0.25) is 0 Å². The van der Waals surface area contributed by atoms with E-state index in [2.05, 4.69) is 10.3 Å². The van der Waals surface area contributed by atoms with Crippen LogP contribution in [0.1, 0.15) is 19.4 Å². The molecule has 0 spiro atoms. The zero-order chi connectivity index (χ0) is 12.0. The highest BCUT2D eigenvalue weighted by atomic mass is 16.5. The van der Waals surface area contributed by atoms with E-state index >= 15 is 0 Å². The summed E-state index contributed by atoms with van der Waals surface area (Å²) in [4.78, 5) is 15.1. The van der Waals surface area contributed by atoms with Crippen molar-refractivity contribution in [2.75, 3.05) is 13.7 Å². The lowest BCUT2D eigenvalue weighted by atomic mass is 10.2. The molecule has 0 aromatic heterocycles. The third kappa shape index (κ3) is 3.08. The predicted octanol–water partition coefficient (Wildman–Crippen LogP) is 1.60. The number of aliphatic imine (C=N–C) groups is 1. The third-order valence-corrected chi connectivity index (χ3v) is 1.96. The molecule has 16 heavy (non-hydrogen) atoms. The molecule has 0 atom stereocenters. The minimum Gasteiger partial charge on any atom is -0.493 e. The summed E-state index contributed by atoms with van der Waals surface area (Å²) < 4.78 is 5.47. The number of benzene rings is 1. The lowest BCUT2D eigenvalue weighted by molar-refractivity contribution is -0.117. The summed E-state index contributed by atoms with van der Waals surface area (Å²) in [5, 5.41) is 2.68. The van der Waals surface area contributed by atoms with E-state index < -0.39 is 0 Å². The molecule has 0 saturated heterocycles. The molecule has 1 aromatic carbocycles. The Balaban J connectivity index is 3.04. The zero-order valence-corrected chi connectivity index (χ0v) is 9.78. The van der Waals surface area contributed by atoms with E-state index in [1.54, 1.807) is 7.05 Å². The van der Waals surface area contributed by atoms with Gasteiger partial charge in [-0.2, -0.15) is 0 Å². The maximum atomic E-state index is 11.0. The largest absolute Gasteiger partial charge is 0.493 e. The van der Waals surface area contributed by atoms with Crippen LogP contribution >= 0.6 is 0 Å². The Bertz CT molecular complexity index is 400. The topological polar surface area (TPSA) is 50.7 Å². The van der Waals surface area contributed by atoms with Crippen LogP contribution in [0.3, 0.4) is 0 Å². The Morgan fingerprint density at radius 2 is 2.12 bits per heavy atom. The molecule has 4 nitrogen and oxygen atoms in total. The van der Waals surface area contributed by atoms with Gasteiger partial charge in [-0.05, 0) is 19.1 Å². The number of hydrogen-bond donors (Lipinski definition) is 1. The molecule has 0 aliphatic heterocycles. The Morgan fingerprint density at radius 1 is 1.44 bits per heavy atom. The molecular weight excluding hydrogens is 204 g/mol. The minimum absolute atomic E-state index is 0.146. The molecule has 0 fully saturated rings. The van der Waals surface area contributed by atoms with Gasteiger partial charge in [0.1, 0.15) is 11.6 Å². The lowest BCUT2D eigenvalue weighted by Crippen LogP contribution is -2.29. The Labute approximate surface area is 95.3 Å². The standard InChI is InChI=1S/C12H16N2O2/c1-4-16-11-8-6-5-7-10(11)12(13-3)14-9(2)15/h5-8H,4H2,1-3H3,(H,13,14,15). The van der Waals surface area contributed by atoms with Crippen LogP contribution in [0.5, 0.6) is 5.75 Å². The first-order chi connectivity index (χ1) is 7.69. The molecule has 86 valence electrons. The molecule has 1 aromatic rings. The molecule has 1 amide bonds. The van der Waals surface area contributed by atoms with Gasteiger partial charge in [0.2, 0.25) is 5.91 Å². The molecular formula is C12H16N2O2. The zero-order valence-electron chi connectivity index (χ0n) is 9.78. The highest BCUT2D eigenvalue weighted by Crippen LogP contribution is 2.17. The van der Waals surface area contributed by atoms with Crippen LogP contribution < -0.4 is 10.1 Å². The molecule has 4 heteroatoms. The quantitative estimate of drug-likeness (QED) is 0.621. The lowest BCUT2D eigenvalue weighted by Gasteiger charge is -2.11. The fourth-order valence-corrected chi connectivity index (χ4v) is 1.35. The summed E-state index contributed by atoms with van der Waals surface area (Å²) in [7, 11) is 1.63. The summed E-state index contributed by atoms with van der Waals surface area (Å²) in [6.07, 6.45) is 0. The second-order valence-electron chi connectivity index (χ2n) is 3.18. The van der Waals surface area contributed by atoms with Gasteiger partial charge in [0.25, 0.3) is 0 Å². The van der Waals surface area contributed by atoms with Gasteiger partial charge in [-0.15, -0.1) is 0 Å². The van der Waals surface area contributed by atoms with Gasteiger partial charge in [-0.25, -0.2) is 0 Å². The monoisotopic (exact) mass is 220 g/mol. The van der Waals surface area contributed by atoms with E-state index in [9.17, 15) is 4.79 Å². The third-order valence-electron chi connectivity index (χ3n) is 1.96. The van der Waals surface area contributed by atoms with E-state index in [0.29, 0.717) is 12.4 Å². The fourth-order valence-electron chi connectivity index (χ4n) is 1.35. The van der Waals surface area contributed by atoms with Crippen molar-refractivity contribution in [2.45, 2.75) is 13.8 Å². The minimum atomic E-state index is -0.146. The average molecular weight is 220 g/mol. The van der Waals surface area contributed by atoms with E-state index in [4.69, 9.17) is 4.74 Å². The Hall–Kier alpha value is -1.84. The summed E-state index contributed by atoms with van der Waals surface area (Å²) in [5.41, 5.74) is 0.794. The smallest absolute Gasteiger partial charge is 0.222 e. The van der Waals surface area contributed by atoms with Crippen molar-refractivity contribution in [3.8, 4) is 5.75 Å². The molecule has 0 heterocycles. The number of rotatable bonds is 3. The number of carbonyl (C=O) groups is 1. The average Bonchev–Trinajstić information content (AvgIpc) is 2.27. The van der Waals surface area contributed by atoms with E-state index in [-0.39, 0.29) is 5.91 Å². The number of hydrogen-bond acceptors (Lipinski definition) is 3. The van der Waals surface area contributed by atoms with Crippen LogP contribution in [-0.4, -0.2) is 25.4 Å². The van der Waals surface area contributed by atoms with Crippen LogP contribution in [-0.2, 0) is 4.79 Å². The molecule has 0 bridgehead atoms. The Morgan fingerprint density at radius 3 is 2.69 bits per heavy atom. The molecule has 0 radical (unpaired) electrons. The van der Waals surface area contributed by atoms with Gasteiger partial charge in [0, 0.05) is 14.0 Å². The number of ether oxygens (including phenoxy) is 1. The molecule has 1 rings (SSSR count). The van der Waals surface area contributed by atoms with Gasteiger partial charge in [0.15, 0.2) is 0 Å². The van der Waals surface area contributed by atoms with Crippen molar-refractivity contribution in [2.24, 2.45) is 4.99 Å². The number of carbonyl (C=O) groups excluding carboxylic acids is 1. The van der Waals surface area contributed by atoms with Gasteiger partial charge < -0.3 is 10.1 Å². The van der Waals surface area contributed by atoms with Crippen LogP contribution in [0.15, 0.2) is 29.3 Å². The van der Waals surface area contributed by atoms with Crippen molar-refractivity contribution < 1.29 is 9.53 Å². The second kappa shape index (κ2) is 5.90. The van der Waals surface area contributed by atoms with E-state index in [1.807, 2.05) is 31.2 Å². The fraction of sp³-hybridized carbons (Fsp3) is 0.333. The van der Waals surface area contributed by atoms with Gasteiger partial charge in [-0.1, -0.05) is 12.1 Å². The first-order valence-electron chi connectivity index (χ1n) is 5.15. The van der Waals surface area contributed by atoms with Crippen molar-refractivity contribution >= 4 is 11.7 Å². The van der Waals surface area contributed by atoms with E-state index in [1.165, 1.54) is 6.92 Å². The van der Waals surface area contributed by atoms with Crippen molar-refractivity contribution in [1.29, 1.82) is 0 Å². The molecule has 0 unspecified atom stereocenters. The number of nitrogens with zero attached hydrogens (tertiary/aromatic N) is 1. The SMILES string of the molecule is CCOc1ccccc1C(=NC)NC(C)=O. The number of nitrogens with one attached hydrogen (secondary N) is 1. The van der Waals surface area contributed by atoms with Gasteiger partial charge >= 0.3 is 0 Å². The Kier molecular flexibility index (Phi) is 4.51. The van der Waals surface area contributed by atoms with Crippen LogP contribution in [0, 0.1) is 0 Å². The summed E-state index contributed by atoms with van der Waals surface area (Å²) >= 11 is 0. The maximum absolute atomic E-state index is 11.0. The number of amides is 1. The highest BCUT2D eigenvalue weighted by molar-refractivity contribution is 6.08. The predicted molar refractivity (Wildman–Crippen MR) is 63.9 cm³/mol. The van der Waals surface area contributed by atoms with Gasteiger partial charge in [0.05, 0.1) is 12.2 Å². The van der Waals surface area contributed by atoms with E-state index in [0.717, 1.165) is 11.3 Å². The molecule has 1 N–H and O–H groups in total. The van der Waals surface area contributed by atoms with Crippen LogP contribution in [0.4, 0.5) is 0 Å². The maximum Gasteiger partial charge on any atom is 0.222 e. The van der Waals surface area contributed by atoms with Crippen molar-refractivity contribution in [1.82, 2.24) is 5.32 Å². The van der Waals surface area contributed by atoms with Gasteiger partial charge in [-0.3, -0.25) is 9.79 Å². The van der Waals surface area contributed by atoms with Crippen LogP contribution in [0.25, 0.3) is 0 Å². The number of para-hydroxylation sites is 1. The second-order valence-corrected chi connectivity index (χ2v) is 3.18. The molecule has 0 saturated carbocycles. The first-order valence-corrected chi connectivity index (χ1v) is 5.15.